The van der Waals surface area contributed by atoms with Crippen LogP contribution in [0.25, 0.3) is 0 Å². The Labute approximate surface area is 235 Å². The molecule has 2 heterocycles. The molecule has 3 N–H and O–H groups in total. The molecule has 1 fully saturated rings. The summed E-state index contributed by atoms with van der Waals surface area (Å²) in [4.78, 5) is 26.3. The second-order valence-electron chi connectivity index (χ2n) is 9.28. The molecule has 1 aliphatic rings. The summed E-state index contributed by atoms with van der Waals surface area (Å²) in [5.74, 6) is 0.786. The second-order valence-corrected chi connectivity index (χ2v) is 10.9. The van der Waals surface area contributed by atoms with Crippen molar-refractivity contribution in [3.05, 3.63) is 65.3 Å². The van der Waals surface area contributed by atoms with Gasteiger partial charge in [-0.15, -0.1) is 0 Å². The van der Waals surface area contributed by atoms with Crippen LogP contribution in [-0.4, -0.2) is 64.0 Å². The fraction of sp³-hybridized carbons (Fsp3) is 0.346. The summed E-state index contributed by atoms with van der Waals surface area (Å²) in [5, 5.41) is 16.9. The summed E-state index contributed by atoms with van der Waals surface area (Å²) < 4.78 is 4.75. The third-order valence-electron chi connectivity index (χ3n) is 6.02. The van der Waals surface area contributed by atoms with Crippen molar-refractivity contribution in [3.63, 3.8) is 0 Å². The highest BCUT2D eigenvalue weighted by Crippen LogP contribution is 2.28. The number of nitrogens with one attached hydrogen (secondary N) is 2. The molecule has 4 rings (SSSR count). The highest BCUT2D eigenvalue weighted by Gasteiger charge is 2.28. The Morgan fingerprint density at radius 1 is 1.22 bits per heavy atom. The first-order chi connectivity index (χ1) is 17.6. The Balaban J connectivity index is 1.63. The van der Waals surface area contributed by atoms with Gasteiger partial charge < -0.3 is 30.3 Å². The van der Waals surface area contributed by atoms with Crippen LogP contribution in [0.5, 0.6) is 0 Å². The number of carbonyl (C=O) groups is 1. The van der Waals surface area contributed by atoms with Gasteiger partial charge >= 0.3 is 0 Å². The van der Waals surface area contributed by atoms with Gasteiger partial charge in [-0.3, -0.25) is 4.79 Å². The monoisotopic (exact) mass is 636 g/mol. The predicted molar refractivity (Wildman–Crippen MR) is 156 cm³/mol. The van der Waals surface area contributed by atoms with Gasteiger partial charge in [-0.2, -0.15) is 4.98 Å². The van der Waals surface area contributed by atoms with Crippen LogP contribution in [0.4, 0.5) is 28.8 Å². The van der Waals surface area contributed by atoms with Crippen LogP contribution in [0.2, 0.25) is 5.02 Å². The normalized spacial score (nSPS) is 14.7. The molecule has 9 nitrogen and oxygen atoms in total. The number of nitrogens with zero attached hydrogens (tertiary/aromatic N) is 4. The number of anilines is 5. The summed E-state index contributed by atoms with van der Waals surface area (Å²) in [6, 6.07) is 14.9. The van der Waals surface area contributed by atoms with E-state index >= 15 is 0 Å². The van der Waals surface area contributed by atoms with Crippen LogP contribution in [-0.2, 0) is 4.74 Å². The molecule has 1 aliphatic heterocycles. The number of amides is 1. The number of halogens is 2. The van der Waals surface area contributed by atoms with Crippen molar-refractivity contribution in [2.45, 2.75) is 23.5 Å². The number of morpholine rings is 1. The largest absolute Gasteiger partial charge is 0.380 e. The molecule has 11 heteroatoms. The molecule has 0 saturated carbocycles. The zero-order valence-electron chi connectivity index (χ0n) is 20.9. The maximum Gasteiger partial charge on any atom is 0.251 e. The maximum absolute atomic E-state index is 13.2. The Bertz CT molecular complexity index is 1250. The first-order valence-corrected chi connectivity index (χ1v) is 13.5. The van der Waals surface area contributed by atoms with Gasteiger partial charge in [0, 0.05) is 54.0 Å². The zero-order chi connectivity index (χ0) is 26.6. The summed E-state index contributed by atoms with van der Waals surface area (Å²) in [6.45, 7) is 6.24. The predicted octanol–water partition coefficient (Wildman–Crippen LogP) is 4.74. The second kappa shape index (κ2) is 11.8. The number of rotatable bonds is 8. The van der Waals surface area contributed by atoms with Crippen molar-refractivity contribution in [2.75, 3.05) is 48.5 Å². The Morgan fingerprint density at radius 2 is 1.97 bits per heavy atom. The van der Waals surface area contributed by atoms with Gasteiger partial charge in [0.2, 0.25) is 5.95 Å². The summed E-state index contributed by atoms with van der Waals surface area (Å²) in [7, 11) is 1.91. The van der Waals surface area contributed by atoms with Crippen molar-refractivity contribution in [1.29, 1.82) is 0 Å². The van der Waals surface area contributed by atoms with Crippen LogP contribution < -0.4 is 20.4 Å². The quantitative estimate of drug-likeness (QED) is 0.241. The van der Waals surface area contributed by atoms with Crippen molar-refractivity contribution in [2.24, 2.45) is 0 Å². The third-order valence-corrected chi connectivity index (χ3v) is 7.82. The Hall–Kier alpha value is -2.67. The standard InChI is InChI=1S/C26H30ClIN6O3/c1-26(2,24(28)36)32-23(35)17-13-19(16-21(14-17)34-9-11-37-12-10-34)30-25-29-8-7-22(31-25)33(3)20-6-4-5-18(27)15-20/h4-8,13-16,24,36H,9-12H2,1-3H3,(H,32,35)(H,29,30,31). The maximum atomic E-state index is 13.2. The van der Waals surface area contributed by atoms with E-state index in [0.29, 0.717) is 41.3 Å². The van der Waals surface area contributed by atoms with E-state index in [0.717, 1.165) is 24.5 Å². The highest BCUT2D eigenvalue weighted by atomic mass is 127. The number of benzene rings is 2. The number of aliphatic hydroxyl groups is 1. The molecule has 3 aromatic rings. The zero-order valence-corrected chi connectivity index (χ0v) is 23.8. The number of carbonyl (C=O) groups excluding carboxylic acids is 1. The minimum absolute atomic E-state index is 0.283. The molecule has 2 aromatic carbocycles. The van der Waals surface area contributed by atoms with Gasteiger partial charge in [-0.05, 0) is 78.9 Å². The Morgan fingerprint density at radius 3 is 2.68 bits per heavy atom. The molecule has 0 spiro atoms. The minimum Gasteiger partial charge on any atom is -0.380 e. The van der Waals surface area contributed by atoms with E-state index in [1.807, 2.05) is 77.0 Å². The molecule has 0 aliphatic carbocycles. The number of alkyl halides is 1. The number of aliphatic hydroxyl groups excluding tert-OH is 1. The van der Waals surface area contributed by atoms with Crippen molar-refractivity contribution in [3.8, 4) is 0 Å². The van der Waals surface area contributed by atoms with E-state index in [-0.39, 0.29) is 5.91 Å². The first-order valence-electron chi connectivity index (χ1n) is 11.8. The number of ether oxygens (including phenoxy) is 1. The number of hydrogen-bond acceptors (Lipinski definition) is 8. The van der Waals surface area contributed by atoms with E-state index in [1.165, 1.54) is 0 Å². The average molecular weight is 637 g/mol. The lowest BCUT2D eigenvalue weighted by Crippen LogP contribution is -2.49. The van der Waals surface area contributed by atoms with E-state index in [4.69, 9.17) is 16.3 Å². The van der Waals surface area contributed by atoms with Gasteiger partial charge in [0.15, 0.2) is 0 Å². The highest BCUT2D eigenvalue weighted by molar-refractivity contribution is 14.1. The van der Waals surface area contributed by atoms with Crippen LogP contribution >= 0.6 is 34.2 Å². The SMILES string of the molecule is CN(c1cccc(Cl)c1)c1ccnc(Nc2cc(C(=O)NC(C)(C)C(O)I)cc(N3CCOCC3)c2)n1. The van der Waals surface area contributed by atoms with E-state index in [9.17, 15) is 9.90 Å². The van der Waals surface area contributed by atoms with Crippen LogP contribution in [0, 0.1) is 0 Å². The summed E-state index contributed by atoms with van der Waals surface area (Å²) in [6.07, 6.45) is 1.68. The van der Waals surface area contributed by atoms with Crippen LogP contribution in [0.15, 0.2) is 54.7 Å². The van der Waals surface area contributed by atoms with Gasteiger partial charge in [0.1, 0.15) is 9.93 Å². The average Bonchev–Trinajstić information content (AvgIpc) is 2.88. The molecule has 1 unspecified atom stereocenters. The van der Waals surface area contributed by atoms with E-state index < -0.39 is 9.65 Å². The molecule has 1 atom stereocenters. The van der Waals surface area contributed by atoms with Gasteiger partial charge in [-0.1, -0.05) is 17.7 Å². The lowest BCUT2D eigenvalue weighted by molar-refractivity contribution is 0.0855. The Kier molecular flexibility index (Phi) is 8.73. The molecule has 196 valence electrons. The molecule has 0 bridgehead atoms. The molecular weight excluding hydrogens is 607 g/mol. The van der Waals surface area contributed by atoms with E-state index in [2.05, 4.69) is 25.5 Å². The molecule has 0 radical (unpaired) electrons. The molecule has 1 saturated heterocycles. The molecule has 1 amide bonds. The van der Waals surface area contributed by atoms with Crippen molar-refractivity contribution in [1.82, 2.24) is 15.3 Å². The van der Waals surface area contributed by atoms with E-state index in [1.54, 1.807) is 26.1 Å². The van der Waals surface area contributed by atoms with Crippen LogP contribution in [0.1, 0.15) is 24.2 Å². The van der Waals surface area contributed by atoms with Crippen molar-refractivity contribution >= 4 is 68.9 Å². The third kappa shape index (κ3) is 7.01. The lowest BCUT2D eigenvalue weighted by Gasteiger charge is -2.30. The molecular formula is C26H30ClIN6O3. The first kappa shape index (κ1) is 27.4. The number of hydrogen-bond donors (Lipinski definition) is 3. The fourth-order valence-electron chi connectivity index (χ4n) is 3.79. The number of aromatic nitrogens is 2. The molecule has 1 aromatic heterocycles. The summed E-state index contributed by atoms with van der Waals surface area (Å²) >= 11 is 8.06. The van der Waals surface area contributed by atoms with Crippen molar-refractivity contribution < 1.29 is 14.6 Å². The van der Waals surface area contributed by atoms with Crippen LogP contribution in [0.3, 0.4) is 0 Å². The smallest absolute Gasteiger partial charge is 0.251 e. The van der Waals surface area contributed by atoms with Gasteiger partial charge in [-0.25, -0.2) is 4.98 Å². The minimum atomic E-state index is -0.803. The lowest BCUT2D eigenvalue weighted by atomic mass is 10.1. The van der Waals surface area contributed by atoms with Gasteiger partial charge in [0.05, 0.1) is 18.8 Å². The van der Waals surface area contributed by atoms with Gasteiger partial charge in [0.25, 0.3) is 5.91 Å². The fourth-order valence-corrected chi connectivity index (χ4v) is 4.13. The molecule has 37 heavy (non-hydrogen) atoms. The topological polar surface area (TPSA) is 103 Å². The summed E-state index contributed by atoms with van der Waals surface area (Å²) in [5.41, 5.74) is 2.11.